The molecular weight excluding hydrogens is 268 g/mol. The molecule has 0 aromatic heterocycles. The average molecular weight is 297 g/mol. The fourth-order valence-corrected chi connectivity index (χ4v) is 2.48. The summed E-state index contributed by atoms with van der Waals surface area (Å²) in [6.07, 6.45) is 10.4. The van der Waals surface area contributed by atoms with Crippen LogP contribution in [0.15, 0.2) is 18.2 Å². The fraction of sp³-hybridized carbons (Fsp3) is 0.667. The zero-order valence-electron chi connectivity index (χ0n) is 13.4. The predicted octanol–water partition coefficient (Wildman–Crippen LogP) is 5.76. The van der Waals surface area contributed by atoms with Crippen molar-refractivity contribution in [2.45, 2.75) is 71.3 Å². The van der Waals surface area contributed by atoms with Crippen molar-refractivity contribution in [1.82, 2.24) is 5.32 Å². The molecule has 1 unspecified atom stereocenters. The molecule has 0 spiro atoms. The van der Waals surface area contributed by atoms with E-state index in [4.69, 9.17) is 0 Å². The van der Waals surface area contributed by atoms with Crippen LogP contribution in [0.5, 0.6) is 0 Å². The van der Waals surface area contributed by atoms with E-state index in [1.807, 2.05) is 6.92 Å². The van der Waals surface area contributed by atoms with Crippen molar-refractivity contribution in [3.63, 3.8) is 0 Å². The molecule has 3 heteroatoms. The Balaban J connectivity index is 2.08. The molecule has 0 heterocycles. The molecule has 1 atom stereocenters. The summed E-state index contributed by atoms with van der Waals surface area (Å²) in [6, 6.07) is 4.17. The molecule has 1 N–H and O–H groups in total. The van der Waals surface area contributed by atoms with Gasteiger partial charge in [-0.2, -0.15) is 0 Å². The van der Waals surface area contributed by atoms with Gasteiger partial charge in [-0.1, -0.05) is 57.9 Å². The Morgan fingerprint density at radius 2 is 1.52 bits per heavy atom. The highest BCUT2D eigenvalue weighted by Crippen LogP contribution is 2.16. The third kappa shape index (κ3) is 7.56. The Morgan fingerprint density at radius 3 is 2.14 bits per heavy atom. The molecule has 21 heavy (non-hydrogen) atoms. The molecule has 120 valence electrons. The van der Waals surface area contributed by atoms with E-state index in [9.17, 15) is 8.78 Å². The first-order valence-corrected chi connectivity index (χ1v) is 8.33. The highest BCUT2D eigenvalue weighted by atomic mass is 19.2. The number of benzene rings is 1. The van der Waals surface area contributed by atoms with Gasteiger partial charge in [0.25, 0.3) is 0 Å². The zero-order chi connectivity index (χ0) is 15.5. The maximum atomic E-state index is 13.2. The first-order chi connectivity index (χ1) is 10.1. The van der Waals surface area contributed by atoms with Crippen molar-refractivity contribution in [1.29, 1.82) is 0 Å². The zero-order valence-corrected chi connectivity index (χ0v) is 13.4. The van der Waals surface area contributed by atoms with E-state index in [0.29, 0.717) is 0 Å². The molecule has 0 radical (unpaired) electrons. The number of unbranched alkanes of at least 4 members (excludes halogenated alkanes) is 7. The normalized spacial score (nSPS) is 12.6. The van der Waals surface area contributed by atoms with Crippen LogP contribution >= 0.6 is 0 Å². The third-order valence-electron chi connectivity index (χ3n) is 3.92. The highest BCUT2D eigenvalue weighted by Gasteiger charge is 2.08. The summed E-state index contributed by atoms with van der Waals surface area (Å²) in [6.45, 7) is 5.15. The molecule has 0 aliphatic heterocycles. The van der Waals surface area contributed by atoms with Gasteiger partial charge >= 0.3 is 0 Å². The molecule has 0 amide bonds. The summed E-state index contributed by atoms with van der Waals surface area (Å²) in [4.78, 5) is 0. The van der Waals surface area contributed by atoms with Crippen LogP contribution in [-0.2, 0) is 0 Å². The summed E-state index contributed by atoms with van der Waals surface area (Å²) in [7, 11) is 0. The van der Waals surface area contributed by atoms with Gasteiger partial charge in [0.05, 0.1) is 0 Å². The van der Waals surface area contributed by atoms with Gasteiger partial charge in [0.2, 0.25) is 0 Å². The van der Waals surface area contributed by atoms with E-state index >= 15 is 0 Å². The Kier molecular flexibility index (Phi) is 9.24. The standard InChI is InChI=1S/C18H29F2N/c1-3-4-5-6-7-8-9-10-13-21-15(2)16-11-12-17(19)18(20)14-16/h11-12,14-15,21H,3-10,13H2,1-2H3. The molecule has 1 aromatic carbocycles. The quantitative estimate of drug-likeness (QED) is 0.512. The molecule has 0 bridgehead atoms. The van der Waals surface area contributed by atoms with E-state index in [-0.39, 0.29) is 6.04 Å². The van der Waals surface area contributed by atoms with E-state index in [0.717, 1.165) is 18.5 Å². The van der Waals surface area contributed by atoms with Crippen LogP contribution in [0, 0.1) is 11.6 Å². The second kappa shape index (κ2) is 10.7. The Hall–Kier alpha value is -0.960. The summed E-state index contributed by atoms with van der Waals surface area (Å²) in [5.74, 6) is -1.55. The van der Waals surface area contributed by atoms with E-state index < -0.39 is 11.6 Å². The van der Waals surface area contributed by atoms with E-state index in [1.54, 1.807) is 6.07 Å². The van der Waals surface area contributed by atoms with Gasteiger partial charge in [0.1, 0.15) is 0 Å². The molecular formula is C18H29F2N. The number of halogens is 2. The largest absolute Gasteiger partial charge is 0.310 e. The highest BCUT2D eigenvalue weighted by molar-refractivity contribution is 5.20. The lowest BCUT2D eigenvalue weighted by atomic mass is 10.1. The Labute approximate surface area is 128 Å². The van der Waals surface area contributed by atoms with Crippen LogP contribution in [0.2, 0.25) is 0 Å². The average Bonchev–Trinajstić information content (AvgIpc) is 2.48. The first kappa shape index (κ1) is 18.1. The maximum absolute atomic E-state index is 13.2. The van der Waals surface area contributed by atoms with Crippen molar-refractivity contribution in [3.8, 4) is 0 Å². The van der Waals surface area contributed by atoms with Gasteiger partial charge in [-0.05, 0) is 37.6 Å². The maximum Gasteiger partial charge on any atom is 0.159 e. The van der Waals surface area contributed by atoms with Crippen LogP contribution in [0.1, 0.15) is 76.8 Å². The van der Waals surface area contributed by atoms with Crippen LogP contribution in [-0.4, -0.2) is 6.54 Å². The Bertz CT molecular complexity index is 393. The van der Waals surface area contributed by atoms with Crippen LogP contribution in [0.3, 0.4) is 0 Å². The van der Waals surface area contributed by atoms with Crippen LogP contribution in [0.4, 0.5) is 8.78 Å². The van der Waals surface area contributed by atoms with E-state index in [2.05, 4.69) is 12.2 Å². The first-order valence-electron chi connectivity index (χ1n) is 8.33. The van der Waals surface area contributed by atoms with Crippen molar-refractivity contribution in [2.24, 2.45) is 0 Å². The molecule has 1 aromatic rings. The van der Waals surface area contributed by atoms with Crippen molar-refractivity contribution in [3.05, 3.63) is 35.4 Å². The summed E-state index contributed by atoms with van der Waals surface area (Å²) in [5, 5.41) is 3.37. The van der Waals surface area contributed by atoms with Gasteiger partial charge in [0.15, 0.2) is 11.6 Å². The summed E-state index contributed by atoms with van der Waals surface area (Å²) in [5.41, 5.74) is 0.800. The second-order valence-corrected chi connectivity index (χ2v) is 5.82. The molecule has 0 fully saturated rings. The number of rotatable bonds is 11. The minimum absolute atomic E-state index is 0.0599. The van der Waals surface area contributed by atoms with Crippen molar-refractivity contribution < 1.29 is 8.78 Å². The fourth-order valence-electron chi connectivity index (χ4n) is 2.48. The minimum Gasteiger partial charge on any atom is -0.310 e. The van der Waals surface area contributed by atoms with Gasteiger partial charge in [0, 0.05) is 6.04 Å². The van der Waals surface area contributed by atoms with Crippen LogP contribution < -0.4 is 5.32 Å². The molecule has 0 saturated carbocycles. The molecule has 1 nitrogen and oxygen atoms in total. The number of hydrogen-bond acceptors (Lipinski definition) is 1. The Morgan fingerprint density at radius 1 is 0.905 bits per heavy atom. The van der Waals surface area contributed by atoms with Gasteiger partial charge in [-0.3, -0.25) is 0 Å². The van der Waals surface area contributed by atoms with Gasteiger partial charge in [-0.25, -0.2) is 8.78 Å². The smallest absolute Gasteiger partial charge is 0.159 e. The summed E-state index contributed by atoms with van der Waals surface area (Å²) >= 11 is 0. The molecule has 0 saturated heterocycles. The lowest BCUT2D eigenvalue weighted by Crippen LogP contribution is -2.20. The monoisotopic (exact) mass is 297 g/mol. The van der Waals surface area contributed by atoms with Crippen molar-refractivity contribution >= 4 is 0 Å². The topological polar surface area (TPSA) is 12.0 Å². The number of hydrogen-bond donors (Lipinski definition) is 1. The second-order valence-electron chi connectivity index (χ2n) is 5.82. The van der Waals surface area contributed by atoms with Crippen molar-refractivity contribution in [2.75, 3.05) is 6.54 Å². The molecule has 1 rings (SSSR count). The van der Waals surface area contributed by atoms with E-state index in [1.165, 1.54) is 57.1 Å². The SMILES string of the molecule is CCCCCCCCCCNC(C)c1ccc(F)c(F)c1. The predicted molar refractivity (Wildman–Crippen MR) is 85.4 cm³/mol. The van der Waals surface area contributed by atoms with Gasteiger partial charge < -0.3 is 5.32 Å². The molecule has 0 aliphatic carbocycles. The lowest BCUT2D eigenvalue weighted by molar-refractivity contribution is 0.496. The minimum atomic E-state index is -0.783. The lowest BCUT2D eigenvalue weighted by Gasteiger charge is -2.14. The van der Waals surface area contributed by atoms with Gasteiger partial charge in [-0.15, -0.1) is 0 Å². The molecule has 0 aliphatic rings. The summed E-state index contributed by atoms with van der Waals surface area (Å²) < 4.78 is 26.0. The number of nitrogens with one attached hydrogen (secondary N) is 1. The third-order valence-corrected chi connectivity index (χ3v) is 3.92. The van der Waals surface area contributed by atoms with Crippen LogP contribution in [0.25, 0.3) is 0 Å².